The Balaban J connectivity index is 2.35. The molecule has 4 nitrogen and oxygen atoms in total. The number of aromatic carboxylic acids is 1. The normalized spacial score (nSPS) is 15.8. The lowest BCUT2D eigenvalue weighted by Gasteiger charge is -2.18. The van der Waals surface area contributed by atoms with Gasteiger partial charge in [-0.2, -0.15) is 0 Å². The molecule has 0 spiro atoms. The van der Waals surface area contributed by atoms with Gasteiger partial charge in [-0.05, 0) is 53.6 Å². The number of rotatable bonds is 2. The van der Waals surface area contributed by atoms with Crippen molar-refractivity contribution in [3.8, 4) is 0 Å². The van der Waals surface area contributed by atoms with E-state index in [2.05, 4.69) is 22.6 Å². The third-order valence-corrected chi connectivity index (χ3v) is 4.61. The lowest BCUT2D eigenvalue weighted by molar-refractivity contribution is 0.0694. The summed E-state index contributed by atoms with van der Waals surface area (Å²) in [7, 11) is 0. The number of pyridine rings is 1. The molecule has 5 heteroatoms. The monoisotopic (exact) mass is 383 g/mol. The van der Waals surface area contributed by atoms with E-state index in [4.69, 9.17) is 0 Å². The number of benzene rings is 1. The van der Waals surface area contributed by atoms with Gasteiger partial charge in [-0.1, -0.05) is 12.8 Å². The molecule has 1 fully saturated rings. The Morgan fingerprint density at radius 2 is 2.00 bits per heavy atom. The Hall–Kier alpha value is -1.37. The molecule has 104 valence electrons. The summed E-state index contributed by atoms with van der Waals surface area (Å²) in [4.78, 5) is 23.5. The van der Waals surface area contributed by atoms with Crippen LogP contribution in [0.5, 0.6) is 0 Å². The molecule has 1 N–H and O–H groups in total. The van der Waals surface area contributed by atoms with Crippen molar-refractivity contribution in [3.05, 3.63) is 43.8 Å². The van der Waals surface area contributed by atoms with Crippen molar-refractivity contribution in [2.24, 2.45) is 0 Å². The fourth-order valence-electron chi connectivity index (χ4n) is 2.96. The van der Waals surface area contributed by atoms with Crippen LogP contribution in [0.25, 0.3) is 10.9 Å². The smallest absolute Gasteiger partial charge is 0.341 e. The summed E-state index contributed by atoms with van der Waals surface area (Å²) in [5.74, 6) is -1.15. The van der Waals surface area contributed by atoms with Crippen molar-refractivity contribution < 1.29 is 9.90 Å². The van der Waals surface area contributed by atoms with Crippen LogP contribution >= 0.6 is 22.6 Å². The first-order valence-electron chi connectivity index (χ1n) is 6.65. The first kappa shape index (κ1) is 13.6. The second-order valence-corrected chi connectivity index (χ2v) is 6.43. The Bertz CT molecular complexity index is 745. The molecule has 0 radical (unpaired) electrons. The Labute approximate surface area is 129 Å². The highest BCUT2D eigenvalue weighted by Crippen LogP contribution is 2.32. The zero-order valence-electron chi connectivity index (χ0n) is 10.8. The third-order valence-electron chi connectivity index (χ3n) is 3.94. The number of nitrogens with zero attached hydrogens (tertiary/aromatic N) is 1. The van der Waals surface area contributed by atoms with Crippen molar-refractivity contribution >= 4 is 39.5 Å². The van der Waals surface area contributed by atoms with Gasteiger partial charge in [0.15, 0.2) is 0 Å². The molecule has 0 saturated heterocycles. The van der Waals surface area contributed by atoms with E-state index in [1.807, 2.05) is 16.7 Å². The van der Waals surface area contributed by atoms with Crippen LogP contribution in [0, 0.1) is 3.57 Å². The van der Waals surface area contributed by atoms with Gasteiger partial charge in [0.2, 0.25) is 5.43 Å². The lowest BCUT2D eigenvalue weighted by atomic mass is 10.1. The summed E-state index contributed by atoms with van der Waals surface area (Å²) < 4.78 is 3.04. The number of carbonyl (C=O) groups is 1. The number of hydrogen-bond donors (Lipinski definition) is 1. The van der Waals surface area contributed by atoms with E-state index in [0.717, 1.165) is 34.8 Å². The van der Waals surface area contributed by atoms with Gasteiger partial charge in [-0.3, -0.25) is 4.79 Å². The summed E-state index contributed by atoms with van der Waals surface area (Å²) in [5, 5.41) is 9.73. The van der Waals surface area contributed by atoms with Crippen molar-refractivity contribution in [1.29, 1.82) is 0 Å². The number of fused-ring (bicyclic) bond motifs is 1. The largest absolute Gasteiger partial charge is 0.477 e. The van der Waals surface area contributed by atoms with Crippen molar-refractivity contribution in [3.63, 3.8) is 0 Å². The maximum absolute atomic E-state index is 12.3. The fourth-order valence-corrected chi connectivity index (χ4v) is 3.43. The highest BCUT2D eigenvalue weighted by atomic mass is 127. The minimum Gasteiger partial charge on any atom is -0.477 e. The van der Waals surface area contributed by atoms with Gasteiger partial charge in [-0.25, -0.2) is 4.79 Å². The Morgan fingerprint density at radius 3 is 2.65 bits per heavy atom. The van der Waals surface area contributed by atoms with Crippen molar-refractivity contribution in [2.75, 3.05) is 0 Å². The SMILES string of the molecule is O=C(O)c1cn(C2CCCC2)c2cc(I)ccc2c1=O. The van der Waals surface area contributed by atoms with E-state index in [9.17, 15) is 14.7 Å². The Morgan fingerprint density at radius 1 is 1.30 bits per heavy atom. The standard InChI is InChI=1S/C15H14INO3/c16-9-5-6-11-13(7-9)17(10-3-1-2-4-10)8-12(14(11)18)15(19)20/h5-8,10H,1-4H2,(H,19,20). The maximum Gasteiger partial charge on any atom is 0.341 e. The predicted octanol–water partition coefficient (Wildman–Crippen LogP) is 3.42. The molecule has 1 heterocycles. The first-order chi connectivity index (χ1) is 9.58. The highest BCUT2D eigenvalue weighted by Gasteiger charge is 2.21. The summed E-state index contributed by atoms with van der Waals surface area (Å²) in [6, 6.07) is 5.84. The predicted molar refractivity (Wildman–Crippen MR) is 85.4 cm³/mol. The minimum absolute atomic E-state index is 0.134. The molecule has 0 unspecified atom stereocenters. The van der Waals surface area contributed by atoms with Gasteiger partial charge in [0.05, 0.1) is 5.52 Å². The molecule has 1 aliphatic carbocycles. The molecule has 1 aromatic carbocycles. The van der Waals surface area contributed by atoms with E-state index in [1.54, 1.807) is 6.07 Å². The summed E-state index contributed by atoms with van der Waals surface area (Å²) in [6.45, 7) is 0. The van der Waals surface area contributed by atoms with Crippen LogP contribution in [0.3, 0.4) is 0 Å². The van der Waals surface area contributed by atoms with E-state index >= 15 is 0 Å². The molecule has 20 heavy (non-hydrogen) atoms. The molecular weight excluding hydrogens is 369 g/mol. The summed E-state index contributed by atoms with van der Waals surface area (Å²) in [5.41, 5.74) is 0.322. The zero-order chi connectivity index (χ0) is 14.3. The van der Waals surface area contributed by atoms with Crippen molar-refractivity contribution in [1.82, 2.24) is 4.57 Å². The van der Waals surface area contributed by atoms with Gasteiger partial charge in [0.1, 0.15) is 5.56 Å². The van der Waals surface area contributed by atoms with Crippen LogP contribution in [-0.2, 0) is 0 Å². The average Bonchev–Trinajstić information content (AvgIpc) is 2.92. The summed E-state index contributed by atoms with van der Waals surface area (Å²) in [6.07, 6.45) is 5.93. The second-order valence-electron chi connectivity index (χ2n) is 5.18. The molecule has 0 aliphatic heterocycles. The molecule has 2 aromatic rings. The number of halogens is 1. The molecule has 1 aliphatic rings. The zero-order valence-corrected chi connectivity index (χ0v) is 13.0. The molecule has 1 saturated carbocycles. The number of hydrogen-bond acceptors (Lipinski definition) is 2. The average molecular weight is 383 g/mol. The Kier molecular flexibility index (Phi) is 3.54. The topological polar surface area (TPSA) is 59.3 Å². The van der Waals surface area contributed by atoms with Gasteiger partial charge < -0.3 is 9.67 Å². The number of aromatic nitrogens is 1. The molecular formula is C15H14INO3. The van der Waals surface area contributed by atoms with Crippen LogP contribution in [0.4, 0.5) is 0 Å². The van der Waals surface area contributed by atoms with E-state index < -0.39 is 11.4 Å². The van der Waals surface area contributed by atoms with E-state index in [-0.39, 0.29) is 5.56 Å². The van der Waals surface area contributed by atoms with Crippen molar-refractivity contribution in [2.45, 2.75) is 31.7 Å². The quantitative estimate of drug-likeness (QED) is 0.809. The van der Waals surface area contributed by atoms with Crippen LogP contribution in [0.2, 0.25) is 0 Å². The summed E-state index contributed by atoms with van der Waals surface area (Å²) >= 11 is 2.21. The number of carboxylic acid groups (broad SMARTS) is 1. The maximum atomic E-state index is 12.3. The van der Waals surface area contributed by atoms with Gasteiger partial charge >= 0.3 is 5.97 Å². The fraction of sp³-hybridized carbons (Fsp3) is 0.333. The first-order valence-corrected chi connectivity index (χ1v) is 7.73. The van der Waals surface area contributed by atoms with Gasteiger partial charge in [0, 0.05) is 21.2 Å². The van der Waals surface area contributed by atoms with Gasteiger partial charge in [0.25, 0.3) is 0 Å². The van der Waals surface area contributed by atoms with Gasteiger partial charge in [-0.15, -0.1) is 0 Å². The molecule has 0 atom stereocenters. The van der Waals surface area contributed by atoms with Crippen LogP contribution in [0.15, 0.2) is 29.2 Å². The van der Waals surface area contributed by atoms with Crippen LogP contribution in [0.1, 0.15) is 42.1 Å². The minimum atomic E-state index is -1.15. The lowest BCUT2D eigenvalue weighted by Crippen LogP contribution is -2.20. The second kappa shape index (κ2) is 5.20. The van der Waals surface area contributed by atoms with Crippen LogP contribution < -0.4 is 5.43 Å². The van der Waals surface area contributed by atoms with E-state index in [1.165, 1.54) is 6.20 Å². The third kappa shape index (κ3) is 2.24. The molecule has 0 amide bonds. The highest BCUT2D eigenvalue weighted by molar-refractivity contribution is 14.1. The number of carboxylic acids is 1. The molecule has 0 bridgehead atoms. The molecule has 3 rings (SSSR count). The van der Waals surface area contributed by atoms with E-state index in [0.29, 0.717) is 11.4 Å². The van der Waals surface area contributed by atoms with Crippen LogP contribution in [-0.4, -0.2) is 15.6 Å². The molecule has 1 aromatic heterocycles.